The van der Waals surface area contributed by atoms with E-state index in [9.17, 15) is 14.4 Å². The maximum Gasteiger partial charge on any atom is 0.289 e. The molecule has 0 radical (unpaired) electrons. The number of aromatic nitrogens is 1. The molecule has 1 atom stereocenters. The average molecular weight is 434 g/mol. The third kappa shape index (κ3) is 5.24. The lowest BCUT2D eigenvalue weighted by Crippen LogP contribution is -2.49. The van der Waals surface area contributed by atoms with Gasteiger partial charge in [0.2, 0.25) is 5.78 Å². The fourth-order valence-corrected chi connectivity index (χ4v) is 4.14. The van der Waals surface area contributed by atoms with Crippen molar-refractivity contribution in [1.82, 2.24) is 15.6 Å². The maximum absolute atomic E-state index is 13.2. The van der Waals surface area contributed by atoms with Gasteiger partial charge in [0.05, 0.1) is 10.7 Å². The lowest BCUT2D eigenvalue weighted by molar-refractivity contribution is -0.139. The number of benzene rings is 2. The summed E-state index contributed by atoms with van der Waals surface area (Å²) in [7, 11) is 0. The van der Waals surface area contributed by atoms with Crippen molar-refractivity contribution >= 4 is 28.9 Å². The summed E-state index contributed by atoms with van der Waals surface area (Å²) in [5.41, 5.74) is 2.27. The second-order valence-electron chi connectivity index (χ2n) is 7.60. The molecule has 0 aliphatic heterocycles. The highest BCUT2D eigenvalue weighted by Crippen LogP contribution is 2.28. The van der Waals surface area contributed by atoms with Gasteiger partial charge in [-0.2, -0.15) is 0 Å². The summed E-state index contributed by atoms with van der Waals surface area (Å²) in [6.07, 6.45) is 2.01. The second kappa shape index (κ2) is 9.22. The van der Waals surface area contributed by atoms with Crippen LogP contribution in [0.3, 0.4) is 0 Å². The van der Waals surface area contributed by atoms with Gasteiger partial charge in [-0.3, -0.25) is 14.4 Å². The predicted molar refractivity (Wildman–Crippen MR) is 120 cm³/mol. The lowest BCUT2D eigenvalue weighted by atomic mass is 10.0. The predicted octanol–water partition coefficient (Wildman–Crippen LogP) is 3.31. The number of ketones is 1. The van der Waals surface area contributed by atoms with Crippen molar-refractivity contribution in [3.63, 3.8) is 0 Å². The van der Waals surface area contributed by atoms with E-state index in [2.05, 4.69) is 15.6 Å². The molecule has 1 heterocycles. The minimum Gasteiger partial charge on any atom is -0.347 e. The molecular formula is C24H23N3O3S. The maximum atomic E-state index is 13.2. The molecule has 1 aromatic heterocycles. The Bertz CT molecular complexity index is 1090. The van der Waals surface area contributed by atoms with Crippen LogP contribution in [0.5, 0.6) is 0 Å². The molecule has 2 amide bonds. The molecular weight excluding hydrogens is 410 g/mol. The first kappa shape index (κ1) is 20.9. The van der Waals surface area contributed by atoms with Gasteiger partial charge in [0.1, 0.15) is 10.9 Å². The third-order valence-electron chi connectivity index (χ3n) is 5.03. The van der Waals surface area contributed by atoms with Gasteiger partial charge in [-0.25, -0.2) is 4.98 Å². The third-order valence-corrected chi connectivity index (χ3v) is 6.00. The first-order chi connectivity index (χ1) is 15.0. The lowest BCUT2D eigenvalue weighted by Gasteiger charge is -2.17. The molecule has 0 saturated heterocycles. The van der Waals surface area contributed by atoms with Gasteiger partial charge in [-0.15, -0.1) is 11.3 Å². The Labute approximate surface area is 184 Å². The highest BCUT2D eigenvalue weighted by molar-refractivity contribution is 7.14. The summed E-state index contributed by atoms with van der Waals surface area (Å²) < 4.78 is 0. The number of carbonyl (C=O) groups is 3. The zero-order valence-electron chi connectivity index (χ0n) is 17.1. The fourth-order valence-electron chi connectivity index (χ4n) is 3.30. The molecule has 31 heavy (non-hydrogen) atoms. The smallest absolute Gasteiger partial charge is 0.289 e. The Balaban J connectivity index is 1.58. The van der Waals surface area contributed by atoms with E-state index >= 15 is 0 Å². The van der Waals surface area contributed by atoms with Crippen LogP contribution in [0, 0.1) is 6.92 Å². The van der Waals surface area contributed by atoms with E-state index in [1.54, 1.807) is 0 Å². The largest absolute Gasteiger partial charge is 0.347 e. The van der Waals surface area contributed by atoms with Gasteiger partial charge >= 0.3 is 0 Å². The van der Waals surface area contributed by atoms with Crippen molar-refractivity contribution in [1.29, 1.82) is 0 Å². The minimum absolute atomic E-state index is 0.0679. The normalized spacial score (nSPS) is 14.0. The zero-order chi connectivity index (χ0) is 21.8. The van der Waals surface area contributed by atoms with Crippen molar-refractivity contribution in [2.45, 2.75) is 38.3 Å². The van der Waals surface area contributed by atoms with Gasteiger partial charge in [0.25, 0.3) is 11.8 Å². The Morgan fingerprint density at radius 3 is 2.32 bits per heavy atom. The van der Waals surface area contributed by atoms with E-state index < -0.39 is 23.6 Å². The molecule has 6 nitrogen and oxygen atoms in total. The molecule has 1 saturated carbocycles. The average Bonchev–Trinajstić information content (AvgIpc) is 3.51. The van der Waals surface area contributed by atoms with Crippen LogP contribution in [-0.2, 0) is 16.0 Å². The van der Waals surface area contributed by atoms with Crippen molar-refractivity contribution in [3.05, 3.63) is 76.1 Å². The van der Waals surface area contributed by atoms with Crippen molar-refractivity contribution in [3.8, 4) is 11.3 Å². The number of nitrogens with zero attached hydrogens (tertiary/aromatic N) is 1. The number of nitrogens with one attached hydrogen (secondary N) is 2. The molecule has 158 valence electrons. The van der Waals surface area contributed by atoms with E-state index in [0.717, 1.165) is 29.0 Å². The molecule has 3 aromatic rings. The first-order valence-electron chi connectivity index (χ1n) is 10.2. The summed E-state index contributed by atoms with van der Waals surface area (Å²) >= 11 is 1.27. The summed E-state index contributed by atoms with van der Waals surface area (Å²) in [6, 6.07) is 17.9. The van der Waals surface area contributed by atoms with Gasteiger partial charge in [0.15, 0.2) is 0 Å². The Hall–Kier alpha value is -3.32. The van der Waals surface area contributed by atoms with Gasteiger partial charge in [0, 0.05) is 18.0 Å². The SMILES string of the molecule is Cc1nc(-c2ccccc2)c(C(=O)NC(Cc2ccccc2)C(=O)C(=O)NC2CC2)s1. The molecule has 1 aliphatic rings. The summed E-state index contributed by atoms with van der Waals surface area (Å²) in [5, 5.41) is 6.28. The Morgan fingerprint density at radius 1 is 1.03 bits per heavy atom. The first-order valence-corrected chi connectivity index (χ1v) is 11.1. The second-order valence-corrected chi connectivity index (χ2v) is 8.81. The molecule has 2 N–H and O–H groups in total. The quantitative estimate of drug-likeness (QED) is 0.534. The van der Waals surface area contributed by atoms with Crippen molar-refractivity contribution in [2.24, 2.45) is 0 Å². The fraction of sp³-hybridized carbons (Fsp3) is 0.250. The molecule has 0 bridgehead atoms. The number of carbonyl (C=O) groups excluding carboxylic acids is 3. The van der Waals surface area contributed by atoms with E-state index in [-0.39, 0.29) is 12.5 Å². The molecule has 1 unspecified atom stereocenters. The minimum atomic E-state index is -0.959. The van der Waals surface area contributed by atoms with Crippen LogP contribution in [0.2, 0.25) is 0 Å². The monoisotopic (exact) mass is 433 g/mol. The Kier molecular flexibility index (Phi) is 6.23. The van der Waals surface area contributed by atoms with Crippen LogP contribution in [0.1, 0.15) is 33.1 Å². The topological polar surface area (TPSA) is 88.2 Å². The highest BCUT2D eigenvalue weighted by atomic mass is 32.1. The van der Waals surface area contributed by atoms with Gasteiger partial charge < -0.3 is 10.6 Å². The number of amides is 2. The number of thiazole rings is 1. The number of Topliss-reactive ketones (excluding diaryl/α,β-unsaturated/α-hetero) is 1. The van der Waals surface area contributed by atoms with Crippen LogP contribution >= 0.6 is 11.3 Å². The summed E-state index contributed by atoms with van der Waals surface area (Å²) in [4.78, 5) is 43.4. The van der Waals surface area contributed by atoms with E-state index in [1.165, 1.54) is 11.3 Å². The molecule has 4 rings (SSSR count). The number of aryl methyl sites for hydroxylation is 1. The molecule has 2 aromatic carbocycles. The van der Waals surface area contributed by atoms with Crippen molar-refractivity contribution in [2.75, 3.05) is 0 Å². The van der Waals surface area contributed by atoms with Crippen LogP contribution in [-0.4, -0.2) is 34.7 Å². The van der Waals surface area contributed by atoms with E-state index in [0.29, 0.717) is 10.6 Å². The molecule has 0 spiro atoms. The standard InChI is InChI=1S/C24H23N3O3S/c1-15-25-20(17-10-6-3-7-11-17)22(31-15)24(30)27-19(14-16-8-4-2-5-9-16)21(28)23(29)26-18-12-13-18/h2-11,18-19H,12-14H2,1H3,(H,26,29)(H,27,30). The van der Waals surface area contributed by atoms with Gasteiger partial charge in [-0.05, 0) is 25.3 Å². The number of hydrogen-bond donors (Lipinski definition) is 2. The molecule has 1 aliphatic carbocycles. The number of rotatable bonds is 8. The molecule has 7 heteroatoms. The van der Waals surface area contributed by atoms with Crippen molar-refractivity contribution < 1.29 is 14.4 Å². The van der Waals surface area contributed by atoms with Crippen LogP contribution in [0.15, 0.2) is 60.7 Å². The van der Waals surface area contributed by atoms with Crippen LogP contribution < -0.4 is 10.6 Å². The summed E-state index contributed by atoms with van der Waals surface area (Å²) in [5.74, 6) is -1.68. The molecule has 1 fully saturated rings. The Morgan fingerprint density at radius 2 is 1.68 bits per heavy atom. The highest BCUT2D eigenvalue weighted by Gasteiger charge is 2.32. The van der Waals surface area contributed by atoms with Crippen LogP contribution in [0.4, 0.5) is 0 Å². The zero-order valence-corrected chi connectivity index (χ0v) is 17.9. The van der Waals surface area contributed by atoms with E-state index in [1.807, 2.05) is 67.6 Å². The van der Waals surface area contributed by atoms with Gasteiger partial charge in [-0.1, -0.05) is 60.7 Å². The number of hydrogen-bond acceptors (Lipinski definition) is 5. The van der Waals surface area contributed by atoms with E-state index in [4.69, 9.17) is 0 Å². The summed E-state index contributed by atoms with van der Waals surface area (Å²) in [6.45, 7) is 1.84. The van der Waals surface area contributed by atoms with Crippen LogP contribution in [0.25, 0.3) is 11.3 Å².